The van der Waals surface area contributed by atoms with Gasteiger partial charge in [0, 0.05) is 32.4 Å². The van der Waals surface area contributed by atoms with Crippen molar-refractivity contribution in [3.63, 3.8) is 0 Å². The molecule has 2 fully saturated rings. The summed E-state index contributed by atoms with van der Waals surface area (Å²) in [4.78, 5) is 24.7. The number of hydrogen-bond acceptors (Lipinski definition) is 8. The van der Waals surface area contributed by atoms with E-state index < -0.39 is 34.4 Å². The molecule has 0 bridgehead atoms. The zero-order valence-electron chi connectivity index (χ0n) is 24.9. The summed E-state index contributed by atoms with van der Waals surface area (Å²) in [5.74, 6) is -0.118. The second-order valence-electron chi connectivity index (χ2n) is 11.9. The van der Waals surface area contributed by atoms with Gasteiger partial charge in [-0.3, -0.25) is 4.79 Å². The molecule has 1 aliphatic carbocycles. The molecule has 2 aromatic carbocycles. The van der Waals surface area contributed by atoms with Gasteiger partial charge in [0.1, 0.15) is 6.10 Å². The van der Waals surface area contributed by atoms with E-state index >= 15 is 0 Å². The zero-order valence-corrected chi connectivity index (χ0v) is 25.7. The number of sulfonamides is 1. The minimum atomic E-state index is -3.99. The Kier molecular flexibility index (Phi) is 11.2. The predicted molar refractivity (Wildman–Crippen MR) is 159 cm³/mol. The van der Waals surface area contributed by atoms with Crippen molar-refractivity contribution in [3.8, 4) is 0 Å². The average molecular weight is 618 g/mol. The minimum Gasteiger partial charge on any atom is -0.446 e. The Bertz CT molecular complexity index is 1320. The summed E-state index contributed by atoms with van der Waals surface area (Å²) in [6, 6.07) is 14.3. The van der Waals surface area contributed by atoms with Gasteiger partial charge in [0.15, 0.2) is 0 Å². The number of carbonyl (C=O) groups is 2. The van der Waals surface area contributed by atoms with E-state index in [1.165, 1.54) is 23.4 Å². The largest absolute Gasteiger partial charge is 0.446 e. The summed E-state index contributed by atoms with van der Waals surface area (Å²) in [6.07, 6.45) is -1.18. The van der Waals surface area contributed by atoms with E-state index in [4.69, 9.17) is 9.47 Å². The number of benzene rings is 2. The smallest absolute Gasteiger partial charge is 0.407 e. The summed E-state index contributed by atoms with van der Waals surface area (Å²) >= 11 is 0. The number of rotatable bonds is 13. The topological polar surface area (TPSA) is 154 Å². The number of aliphatic hydroxyl groups excluding tert-OH is 2. The van der Waals surface area contributed by atoms with Gasteiger partial charge in [-0.1, -0.05) is 56.3 Å². The Balaban J connectivity index is 1.47. The molecule has 12 heteroatoms. The number of fused-ring (bicyclic) bond motifs is 1. The third-order valence-corrected chi connectivity index (χ3v) is 9.79. The lowest BCUT2D eigenvalue weighted by molar-refractivity contribution is -0.119. The quantitative estimate of drug-likeness (QED) is 0.267. The van der Waals surface area contributed by atoms with Crippen molar-refractivity contribution in [1.29, 1.82) is 0 Å². The highest BCUT2D eigenvalue weighted by Crippen LogP contribution is 2.37. The molecule has 0 aromatic heterocycles. The van der Waals surface area contributed by atoms with Crippen LogP contribution < -0.4 is 10.6 Å². The molecule has 1 saturated carbocycles. The fourth-order valence-electron chi connectivity index (χ4n) is 5.88. The molecule has 0 radical (unpaired) electrons. The van der Waals surface area contributed by atoms with Gasteiger partial charge in [-0.05, 0) is 42.0 Å². The first-order valence-corrected chi connectivity index (χ1v) is 16.2. The van der Waals surface area contributed by atoms with Crippen LogP contribution in [0.1, 0.15) is 44.7 Å². The van der Waals surface area contributed by atoms with Crippen LogP contribution in [0.4, 0.5) is 4.79 Å². The molecule has 2 aliphatic rings. The van der Waals surface area contributed by atoms with Crippen molar-refractivity contribution in [3.05, 3.63) is 65.7 Å². The molecule has 2 amide bonds. The second kappa shape index (κ2) is 14.6. The van der Waals surface area contributed by atoms with E-state index in [1.54, 1.807) is 12.1 Å². The summed E-state index contributed by atoms with van der Waals surface area (Å²) in [6.45, 7) is 5.37. The fourth-order valence-corrected chi connectivity index (χ4v) is 7.50. The lowest BCUT2D eigenvalue weighted by Crippen LogP contribution is -2.51. The van der Waals surface area contributed by atoms with E-state index in [1.807, 2.05) is 44.2 Å². The maximum atomic E-state index is 13.6. The Labute approximate surface area is 253 Å². The van der Waals surface area contributed by atoms with E-state index in [0.717, 1.165) is 5.56 Å². The number of aliphatic hydroxyl groups is 2. The maximum absolute atomic E-state index is 13.6. The van der Waals surface area contributed by atoms with Crippen molar-refractivity contribution in [1.82, 2.24) is 14.9 Å². The van der Waals surface area contributed by atoms with Gasteiger partial charge in [0.2, 0.25) is 15.9 Å². The van der Waals surface area contributed by atoms with E-state index in [9.17, 15) is 28.2 Å². The molecule has 6 atom stereocenters. The zero-order chi connectivity index (χ0) is 31.1. The van der Waals surface area contributed by atoms with Crippen molar-refractivity contribution in [2.75, 3.05) is 19.7 Å². The first-order chi connectivity index (χ1) is 20.5. The van der Waals surface area contributed by atoms with Crippen LogP contribution >= 0.6 is 0 Å². The monoisotopic (exact) mass is 617 g/mol. The molecule has 1 heterocycles. The van der Waals surface area contributed by atoms with Gasteiger partial charge < -0.3 is 30.3 Å². The third-order valence-electron chi connectivity index (χ3n) is 7.95. The lowest BCUT2D eigenvalue weighted by Gasteiger charge is -2.31. The summed E-state index contributed by atoms with van der Waals surface area (Å²) in [7, 11) is -3.99. The molecule has 2 aromatic rings. The van der Waals surface area contributed by atoms with Crippen LogP contribution in [0.3, 0.4) is 0 Å². The molecule has 1 saturated heterocycles. The molecule has 1 unspecified atom stereocenters. The lowest BCUT2D eigenvalue weighted by atomic mass is 9.99. The Morgan fingerprint density at radius 1 is 1.05 bits per heavy atom. The summed E-state index contributed by atoms with van der Waals surface area (Å²) in [5, 5.41) is 26.5. The number of carbonyl (C=O) groups excluding carboxylic acids is 2. The van der Waals surface area contributed by atoms with Gasteiger partial charge in [-0.15, -0.1) is 0 Å². The number of ether oxygens (including phenoxy) is 2. The SMILES string of the molecule is CC(=O)N[C@@H]1CO[C@@H]2C[C@H](OC(=O)N[C@@H](Cc3ccccc3)C(O)CN(CC(C)C)S(=O)(=O)c3ccc(CO)cc3)C[C@H]12. The van der Waals surface area contributed by atoms with Crippen LogP contribution in [0.2, 0.25) is 0 Å². The summed E-state index contributed by atoms with van der Waals surface area (Å²) in [5.41, 5.74) is 1.44. The number of hydrogen-bond donors (Lipinski definition) is 4. The number of nitrogens with one attached hydrogen (secondary N) is 2. The molecule has 236 valence electrons. The van der Waals surface area contributed by atoms with Crippen molar-refractivity contribution in [2.45, 2.75) is 81.9 Å². The number of nitrogens with zero attached hydrogens (tertiary/aromatic N) is 1. The van der Waals surface area contributed by atoms with Crippen molar-refractivity contribution in [2.24, 2.45) is 11.8 Å². The second-order valence-corrected chi connectivity index (χ2v) is 13.8. The number of amides is 2. The number of alkyl carbamates (subject to hydrolysis) is 1. The van der Waals surface area contributed by atoms with Crippen LogP contribution in [0.15, 0.2) is 59.5 Å². The molecular formula is C31H43N3O8S. The first-order valence-electron chi connectivity index (χ1n) is 14.7. The fraction of sp³-hybridized carbons (Fsp3) is 0.548. The van der Waals surface area contributed by atoms with E-state index in [-0.39, 0.29) is 60.9 Å². The van der Waals surface area contributed by atoms with Crippen LogP contribution in [0.25, 0.3) is 0 Å². The Morgan fingerprint density at radius 2 is 1.74 bits per heavy atom. The highest BCUT2D eigenvalue weighted by atomic mass is 32.2. The normalized spacial score (nSPS) is 23.1. The summed E-state index contributed by atoms with van der Waals surface area (Å²) < 4.78 is 40.0. The molecule has 4 N–H and O–H groups in total. The molecule has 11 nitrogen and oxygen atoms in total. The molecule has 0 spiro atoms. The Hall–Kier alpha value is -3.03. The molecule has 4 rings (SSSR count). The van der Waals surface area contributed by atoms with Crippen LogP contribution in [-0.2, 0) is 37.3 Å². The standard InChI is InChI=1S/C31H43N3O8S/c1-20(2)16-34(43(39,40)25-11-9-23(18-35)10-12-25)17-29(37)27(13-22-7-5-4-6-8-22)33-31(38)42-24-14-26-28(32-21(3)36)19-41-30(26)15-24/h4-12,20,24,26-30,35,37H,13-19H2,1-3H3,(H,32,36)(H,33,38)/t24-,26-,27+,28-,29?,30-/m1/s1. The van der Waals surface area contributed by atoms with E-state index in [0.29, 0.717) is 25.0 Å². The maximum Gasteiger partial charge on any atom is 0.407 e. The van der Waals surface area contributed by atoms with Gasteiger partial charge in [0.05, 0.1) is 42.4 Å². The molecular weight excluding hydrogens is 574 g/mol. The highest BCUT2D eigenvalue weighted by Gasteiger charge is 2.46. The van der Waals surface area contributed by atoms with Gasteiger partial charge in [0.25, 0.3) is 0 Å². The highest BCUT2D eigenvalue weighted by molar-refractivity contribution is 7.89. The van der Waals surface area contributed by atoms with Crippen molar-refractivity contribution >= 4 is 22.0 Å². The Morgan fingerprint density at radius 3 is 2.37 bits per heavy atom. The van der Waals surface area contributed by atoms with Crippen LogP contribution in [0, 0.1) is 11.8 Å². The first kappa shape index (κ1) is 32.9. The third kappa shape index (κ3) is 8.76. The van der Waals surface area contributed by atoms with Gasteiger partial charge in [-0.25, -0.2) is 13.2 Å². The van der Waals surface area contributed by atoms with Gasteiger partial charge >= 0.3 is 6.09 Å². The molecule has 43 heavy (non-hydrogen) atoms. The molecule has 1 aliphatic heterocycles. The van der Waals surface area contributed by atoms with E-state index in [2.05, 4.69) is 10.6 Å². The van der Waals surface area contributed by atoms with Crippen molar-refractivity contribution < 1.29 is 37.7 Å². The average Bonchev–Trinajstić information content (AvgIpc) is 3.53. The van der Waals surface area contributed by atoms with Crippen LogP contribution in [-0.4, -0.2) is 85.0 Å². The predicted octanol–water partition coefficient (Wildman–Crippen LogP) is 2.21. The van der Waals surface area contributed by atoms with Crippen LogP contribution in [0.5, 0.6) is 0 Å². The minimum absolute atomic E-state index is 0.0328. The van der Waals surface area contributed by atoms with Gasteiger partial charge in [-0.2, -0.15) is 4.31 Å².